The summed E-state index contributed by atoms with van der Waals surface area (Å²) in [6.45, 7) is 2.01. The molecule has 1 atom stereocenters. The van der Waals surface area contributed by atoms with E-state index in [-0.39, 0.29) is 0 Å². The second-order valence-electron chi connectivity index (χ2n) is 2.14. The zero-order valence-electron chi connectivity index (χ0n) is 4.81. The zero-order valence-corrected chi connectivity index (χ0v) is 4.81. The first kappa shape index (κ1) is 5.17. The highest BCUT2D eigenvalue weighted by Gasteiger charge is 2.11. The highest BCUT2D eigenvalue weighted by atomic mass is 16.5. The Morgan fingerprint density at radius 2 is 2.57 bits per heavy atom. The Morgan fingerprint density at radius 3 is 2.86 bits per heavy atom. The van der Waals surface area contributed by atoms with Crippen LogP contribution < -0.4 is 0 Å². The predicted molar refractivity (Wildman–Crippen MR) is 32.3 cm³/mol. The van der Waals surface area contributed by atoms with Crippen molar-refractivity contribution in [3.63, 3.8) is 0 Å². The predicted octanol–water partition coefficient (Wildman–Crippen LogP) is 0.0743. The molecule has 1 rings (SSSR count). The minimum absolute atomic E-state index is 0.875. The maximum Gasteiger partial charge on any atom is 0.101 e. The van der Waals surface area contributed by atoms with Crippen LogP contribution in [0.1, 0.15) is 6.42 Å². The van der Waals surface area contributed by atoms with Crippen molar-refractivity contribution >= 4 is 7.85 Å². The van der Waals surface area contributed by atoms with E-state index in [2.05, 4.69) is 7.85 Å². The van der Waals surface area contributed by atoms with Crippen LogP contribution in [0.3, 0.4) is 0 Å². The van der Waals surface area contributed by atoms with Gasteiger partial charge in [-0.15, -0.1) is 0 Å². The van der Waals surface area contributed by atoms with Crippen molar-refractivity contribution in [2.75, 3.05) is 13.2 Å². The summed E-state index contributed by atoms with van der Waals surface area (Å²) in [5.74, 6) is 0.875. The molecule has 0 aromatic carbocycles. The fraction of sp³-hybridized carbons (Fsp3) is 1.00. The van der Waals surface area contributed by atoms with Crippen molar-refractivity contribution in [1.29, 1.82) is 0 Å². The van der Waals surface area contributed by atoms with Crippen molar-refractivity contribution < 1.29 is 4.74 Å². The van der Waals surface area contributed by atoms with Gasteiger partial charge in [0.1, 0.15) is 7.85 Å². The molecule has 7 heavy (non-hydrogen) atoms. The number of hydrogen-bond donors (Lipinski definition) is 0. The van der Waals surface area contributed by atoms with Crippen molar-refractivity contribution in [1.82, 2.24) is 0 Å². The van der Waals surface area contributed by atoms with Gasteiger partial charge in [-0.25, -0.2) is 0 Å². The van der Waals surface area contributed by atoms with Gasteiger partial charge in [-0.1, -0.05) is 6.32 Å². The molecule has 1 heterocycles. The van der Waals surface area contributed by atoms with Crippen LogP contribution in [0.2, 0.25) is 6.32 Å². The third-order valence-electron chi connectivity index (χ3n) is 1.60. The lowest BCUT2D eigenvalue weighted by Crippen LogP contribution is -1.95. The van der Waals surface area contributed by atoms with E-state index in [0.29, 0.717) is 0 Å². The molecule has 1 aliphatic rings. The second kappa shape index (κ2) is 2.36. The standard InChI is InChI=1S/C5H11BO/c6-3-5-1-2-7-4-5/h5H,1-4,6H2. The van der Waals surface area contributed by atoms with Gasteiger partial charge in [-0.05, 0) is 12.3 Å². The van der Waals surface area contributed by atoms with Crippen LogP contribution in [0.15, 0.2) is 0 Å². The SMILES string of the molecule is BCC1CCOC1. The van der Waals surface area contributed by atoms with E-state index >= 15 is 0 Å². The number of rotatable bonds is 1. The molecule has 0 saturated carbocycles. The van der Waals surface area contributed by atoms with Gasteiger partial charge in [-0.2, -0.15) is 0 Å². The van der Waals surface area contributed by atoms with Crippen molar-refractivity contribution in [2.24, 2.45) is 5.92 Å². The molecule has 1 fully saturated rings. The van der Waals surface area contributed by atoms with Crippen molar-refractivity contribution in [3.05, 3.63) is 0 Å². The lowest BCUT2D eigenvalue weighted by molar-refractivity contribution is 0.188. The lowest BCUT2D eigenvalue weighted by Gasteiger charge is -1.97. The van der Waals surface area contributed by atoms with E-state index in [9.17, 15) is 0 Å². The Kier molecular flexibility index (Phi) is 1.74. The van der Waals surface area contributed by atoms with E-state index in [1.807, 2.05) is 0 Å². The van der Waals surface area contributed by atoms with E-state index in [4.69, 9.17) is 4.74 Å². The number of hydrogen-bond acceptors (Lipinski definition) is 1. The molecular formula is C5H11BO. The third kappa shape index (κ3) is 1.20. The van der Waals surface area contributed by atoms with Crippen LogP contribution in [0.25, 0.3) is 0 Å². The first-order valence-electron chi connectivity index (χ1n) is 3.01. The zero-order chi connectivity index (χ0) is 5.11. The van der Waals surface area contributed by atoms with Crippen LogP contribution in [-0.2, 0) is 4.74 Å². The first-order valence-corrected chi connectivity index (χ1v) is 3.01. The minimum Gasteiger partial charge on any atom is -0.381 e. The lowest BCUT2D eigenvalue weighted by atomic mass is 9.91. The van der Waals surface area contributed by atoms with Crippen molar-refractivity contribution in [3.8, 4) is 0 Å². The van der Waals surface area contributed by atoms with Crippen LogP contribution in [0.5, 0.6) is 0 Å². The van der Waals surface area contributed by atoms with Crippen LogP contribution in [0, 0.1) is 5.92 Å². The molecule has 0 N–H and O–H groups in total. The summed E-state index contributed by atoms with van der Waals surface area (Å²) in [6, 6.07) is 0. The van der Waals surface area contributed by atoms with Gasteiger partial charge in [0.2, 0.25) is 0 Å². The van der Waals surface area contributed by atoms with Gasteiger partial charge in [0.15, 0.2) is 0 Å². The van der Waals surface area contributed by atoms with Crippen molar-refractivity contribution in [2.45, 2.75) is 12.7 Å². The summed E-state index contributed by atoms with van der Waals surface area (Å²) >= 11 is 0. The van der Waals surface area contributed by atoms with E-state index in [0.717, 1.165) is 19.1 Å². The first-order chi connectivity index (χ1) is 3.43. The fourth-order valence-electron chi connectivity index (χ4n) is 0.905. The minimum atomic E-state index is 0.875. The van der Waals surface area contributed by atoms with Crippen LogP contribution in [0.4, 0.5) is 0 Å². The van der Waals surface area contributed by atoms with Gasteiger partial charge in [0.25, 0.3) is 0 Å². The molecule has 0 bridgehead atoms. The van der Waals surface area contributed by atoms with Gasteiger partial charge >= 0.3 is 0 Å². The Bertz CT molecular complexity index is 50.0. The van der Waals surface area contributed by atoms with Gasteiger partial charge < -0.3 is 4.74 Å². The molecule has 0 spiro atoms. The summed E-state index contributed by atoms with van der Waals surface area (Å²) in [5.41, 5.74) is 0. The molecule has 1 unspecified atom stereocenters. The fourth-order valence-corrected chi connectivity index (χ4v) is 0.905. The quantitative estimate of drug-likeness (QED) is 0.422. The Balaban J connectivity index is 2.14. The normalized spacial score (nSPS) is 31.1. The molecule has 0 aromatic rings. The molecule has 2 heteroatoms. The molecule has 0 aliphatic carbocycles. The van der Waals surface area contributed by atoms with Gasteiger partial charge in [0.05, 0.1) is 0 Å². The molecule has 1 aliphatic heterocycles. The second-order valence-corrected chi connectivity index (χ2v) is 2.14. The molecule has 1 nitrogen and oxygen atoms in total. The Hall–Kier alpha value is 0.0249. The summed E-state index contributed by atoms with van der Waals surface area (Å²) in [7, 11) is 2.22. The highest BCUT2D eigenvalue weighted by molar-refractivity contribution is 6.08. The highest BCUT2D eigenvalue weighted by Crippen LogP contribution is 2.13. The average molecular weight is 98.0 g/mol. The monoisotopic (exact) mass is 98.1 g/mol. The third-order valence-corrected chi connectivity index (χ3v) is 1.60. The maximum absolute atomic E-state index is 5.15. The van der Waals surface area contributed by atoms with Gasteiger partial charge in [-0.3, -0.25) is 0 Å². The van der Waals surface area contributed by atoms with Crippen LogP contribution >= 0.6 is 0 Å². The molecular weight excluding hydrogens is 86.9 g/mol. The molecule has 1 saturated heterocycles. The number of ether oxygens (including phenoxy) is 1. The van der Waals surface area contributed by atoms with E-state index in [1.54, 1.807) is 0 Å². The largest absolute Gasteiger partial charge is 0.381 e. The van der Waals surface area contributed by atoms with E-state index in [1.165, 1.54) is 12.7 Å². The average Bonchev–Trinajstić information content (AvgIpc) is 2.14. The molecule has 0 aromatic heterocycles. The topological polar surface area (TPSA) is 9.23 Å². The van der Waals surface area contributed by atoms with E-state index < -0.39 is 0 Å². The molecule has 0 radical (unpaired) electrons. The summed E-state index contributed by atoms with van der Waals surface area (Å²) in [5, 5.41) is 0. The maximum atomic E-state index is 5.15. The van der Waals surface area contributed by atoms with Crippen LogP contribution in [-0.4, -0.2) is 21.1 Å². The summed E-state index contributed by atoms with van der Waals surface area (Å²) in [6.07, 6.45) is 2.58. The smallest absolute Gasteiger partial charge is 0.101 e. The Morgan fingerprint density at radius 1 is 1.71 bits per heavy atom. The summed E-state index contributed by atoms with van der Waals surface area (Å²) in [4.78, 5) is 0. The van der Waals surface area contributed by atoms with Gasteiger partial charge in [0, 0.05) is 13.2 Å². The molecule has 40 valence electrons. The molecule has 0 amide bonds. The summed E-state index contributed by atoms with van der Waals surface area (Å²) < 4.78 is 5.15. The Labute approximate surface area is 45.5 Å².